The third-order valence-corrected chi connectivity index (χ3v) is 5.35. The Hall–Kier alpha value is -2.58. The van der Waals surface area contributed by atoms with Gasteiger partial charge in [0, 0.05) is 10.9 Å². The summed E-state index contributed by atoms with van der Waals surface area (Å²) in [5, 5.41) is 5.42. The smallest absolute Gasteiger partial charge is 0.276 e. The third kappa shape index (κ3) is 3.92. The number of anilines is 1. The molecule has 0 saturated carbocycles. The highest BCUT2D eigenvalue weighted by atomic mass is 32.1. The minimum Gasteiger partial charge on any atom is -0.365 e. The van der Waals surface area contributed by atoms with Gasteiger partial charge >= 0.3 is 0 Å². The molecular formula is C17H16N4O2S2. The molecule has 2 aromatic heterocycles. The summed E-state index contributed by atoms with van der Waals surface area (Å²) in [5.74, 6) is -0.472. The number of carbonyl (C=O) groups excluding carboxylic acids is 2. The van der Waals surface area contributed by atoms with Crippen LogP contribution in [-0.2, 0) is 0 Å². The highest BCUT2D eigenvalue weighted by molar-refractivity contribution is 7.17. The molecule has 6 nitrogen and oxygen atoms in total. The van der Waals surface area contributed by atoms with Crippen LogP contribution in [-0.4, -0.2) is 21.8 Å². The Morgan fingerprint density at radius 3 is 2.52 bits per heavy atom. The van der Waals surface area contributed by atoms with Crippen LogP contribution in [0, 0.1) is 0 Å². The summed E-state index contributed by atoms with van der Waals surface area (Å²) in [5.41, 5.74) is 7.71. The molecule has 2 heterocycles. The first-order chi connectivity index (χ1) is 11.9. The van der Waals surface area contributed by atoms with Crippen LogP contribution in [0.25, 0.3) is 10.6 Å². The topological polar surface area (TPSA) is 98.0 Å². The summed E-state index contributed by atoms with van der Waals surface area (Å²) < 4.78 is 0. The van der Waals surface area contributed by atoms with Gasteiger partial charge < -0.3 is 5.73 Å². The van der Waals surface area contributed by atoms with Gasteiger partial charge in [0.25, 0.3) is 11.8 Å². The Morgan fingerprint density at radius 2 is 1.92 bits per heavy atom. The summed E-state index contributed by atoms with van der Waals surface area (Å²) in [6.07, 6.45) is 1.34. The van der Waals surface area contributed by atoms with E-state index in [2.05, 4.69) is 41.3 Å². The van der Waals surface area contributed by atoms with Gasteiger partial charge in [0.1, 0.15) is 15.6 Å². The van der Waals surface area contributed by atoms with Crippen molar-refractivity contribution in [3.8, 4) is 10.6 Å². The van der Waals surface area contributed by atoms with Crippen LogP contribution >= 0.6 is 22.7 Å². The van der Waals surface area contributed by atoms with Crippen molar-refractivity contribution in [3.05, 3.63) is 52.0 Å². The van der Waals surface area contributed by atoms with Gasteiger partial charge in [-0.3, -0.25) is 14.9 Å². The van der Waals surface area contributed by atoms with E-state index >= 15 is 0 Å². The zero-order chi connectivity index (χ0) is 18.0. The number of primary amides is 1. The molecule has 25 heavy (non-hydrogen) atoms. The number of carbonyl (C=O) groups is 2. The lowest BCUT2D eigenvalue weighted by Crippen LogP contribution is -2.12. The molecule has 0 spiro atoms. The Morgan fingerprint density at radius 1 is 1.20 bits per heavy atom. The normalized spacial score (nSPS) is 10.8. The number of aromatic nitrogens is 2. The van der Waals surface area contributed by atoms with E-state index < -0.39 is 5.91 Å². The molecule has 2 amide bonds. The van der Waals surface area contributed by atoms with E-state index in [0.717, 1.165) is 21.9 Å². The molecule has 128 valence electrons. The van der Waals surface area contributed by atoms with Crippen molar-refractivity contribution < 1.29 is 9.59 Å². The lowest BCUT2D eigenvalue weighted by atomic mass is 10.0. The van der Waals surface area contributed by atoms with Crippen LogP contribution < -0.4 is 11.1 Å². The van der Waals surface area contributed by atoms with E-state index in [1.54, 1.807) is 5.38 Å². The molecule has 0 unspecified atom stereocenters. The van der Waals surface area contributed by atoms with Crippen molar-refractivity contribution in [2.75, 3.05) is 5.32 Å². The Bertz CT molecular complexity index is 913. The summed E-state index contributed by atoms with van der Waals surface area (Å²) in [7, 11) is 0. The fraction of sp³-hybridized carbons (Fsp3) is 0.176. The summed E-state index contributed by atoms with van der Waals surface area (Å²) >= 11 is 2.43. The number of thiazole rings is 2. The largest absolute Gasteiger partial charge is 0.365 e. The summed E-state index contributed by atoms with van der Waals surface area (Å²) in [6.45, 7) is 4.28. The molecule has 0 atom stereocenters. The second-order valence-electron chi connectivity index (χ2n) is 5.66. The molecule has 0 radical (unpaired) electrons. The fourth-order valence-electron chi connectivity index (χ4n) is 2.13. The molecule has 8 heteroatoms. The first-order valence-corrected chi connectivity index (χ1v) is 9.26. The van der Waals surface area contributed by atoms with Crippen molar-refractivity contribution in [2.24, 2.45) is 5.73 Å². The zero-order valence-electron chi connectivity index (χ0n) is 13.6. The molecule has 3 rings (SSSR count). The summed E-state index contributed by atoms with van der Waals surface area (Å²) in [6, 6.07) is 8.16. The fourth-order valence-corrected chi connectivity index (χ4v) is 3.60. The molecule has 0 aliphatic heterocycles. The lowest BCUT2D eigenvalue weighted by molar-refractivity contribution is 0.1000. The predicted octanol–water partition coefficient (Wildman–Crippen LogP) is 3.74. The molecule has 3 N–H and O–H groups in total. The first kappa shape index (κ1) is 17.2. The third-order valence-electron chi connectivity index (χ3n) is 3.53. The molecule has 0 fully saturated rings. The van der Waals surface area contributed by atoms with Gasteiger partial charge in [0.2, 0.25) is 0 Å². The second-order valence-corrected chi connectivity index (χ2v) is 7.55. The standard InChI is InChI=1S/C17H16N4O2S2/c1-9(2)10-3-5-11(6-4-10)16-20-12(8-24-16)15(23)21-17-19-7-13(25-17)14(18)22/h3-9H,1-2H3,(H2,18,22)(H,19,21,23). The van der Waals surface area contributed by atoms with Crippen molar-refractivity contribution >= 4 is 39.6 Å². The number of nitrogens with one attached hydrogen (secondary N) is 1. The number of amides is 2. The number of hydrogen-bond acceptors (Lipinski definition) is 6. The van der Waals surface area contributed by atoms with Crippen LogP contribution in [0.4, 0.5) is 5.13 Å². The number of rotatable bonds is 5. The monoisotopic (exact) mass is 372 g/mol. The molecular weight excluding hydrogens is 356 g/mol. The molecule has 0 saturated heterocycles. The van der Waals surface area contributed by atoms with Crippen LogP contribution in [0.2, 0.25) is 0 Å². The SMILES string of the molecule is CC(C)c1ccc(-c2nc(C(=O)Nc3ncc(C(N)=O)s3)cs2)cc1. The van der Waals surface area contributed by atoms with Crippen molar-refractivity contribution in [1.82, 2.24) is 9.97 Å². The van der Waals surface area contributed by atoms with Crippen LogP contribution in [0.3, 0.4) is 0 Å². The summed E-state index contributed by atoms with van der Waals surface area (Å²) in [4.78, 5) is 32.0. The Balaban J connectivity index is 1.73. The predicted molar refractivity (Wildman–Crippen MR) is 100 cm³/mol. The molecule has 0 bridgehead atoms. The number of nitrogens with two attached hydrogens (primary N) is 1. The van der Waals surface area contributed by atoms with E-state index in [-0.39, 0.29) is 5.91 Å². The number of benzene rings is 1. The van der Waals surface area contributed by atoms with Crippen molar-refractivity contribution in [3.63, 3.8) is 0 Å². The maximum atomic E-state index is 12.3. The van der Waals surface area contributed by atoms with E-state index in [1.165, 1.54) is 23.1 Å². The van der Waals surface area contributed by atoms with Crippen molar-refractivity contribution in [2.45, 2.75) is 19.8 Å². The number of hydrogen-bond donors (Lipinski definition) is 2. The van der Waals surface area contributed by atoms with Gasteiger partial charge in [-0.05, 0) is 11.5 Å². The molecule has 1 aromatic carbocycles. The van der Waals surface area contributed by atoms with Gasteiger partial charge in [0.05, 0.1) is 6.20 Å². The molecule has 0 aliphatic rings. The Labute approximate surface area is 152 Å². The van der Waals surface area contributed by atoms with Crippen molar-refractivity contribution in [1.29, 1.82) is 0 Å². The van der Waals surface area contributed by atoms with Crippen LogP contribution in [0.1, 0.15) is 45.5 Å². The maximum Gasteiger partial charge on any atom is 0.276 e. The van der Waals surface area contributed by atoms with Gasteiger partial charge in [-0.15, -0.1) is 11.3 Å². The van der Waals surface area contributed by atoms with Crippen LogP contribution in [0.5, 0.6) is 0 Å². The first-order valence-electron chi connectivity index (χ1n) is 7.57. The molecule has 3 aromatic rings. The zero-order valence-corrected chi connectivity index (χ0v) is 15.3. The quantitative estimate of drug-likeness (QED) is 0.713. The van der Waals surface area contributed by atoms with Gasteiger partial charge in [-0.1, -0.05) is 49.4 Å². The van der Waals surface area contributed by atoms with Gasteiger partial charge in [0.15, 0.2) is 5.13 Å². The molecule has 0 aliphatic carbocycles. The average Bonchev–Trinajstić information content (AvgIpc) is 3.24. The van der Waals surface area contributed by atoms with Gasteiger partial charge in [-0.2, -0.15) is 0 Å². The Kier molecular flexibility index (Phi) is 4.91. The van der Waals surface area contributed by atoms with E-state index in [1.807, 2.05) is 12.1 Å². The average molecular weight is 372 g/mol. The van der Waals surface area contributed by atoms with Gasteiger partial charge in [-0.25, -0.2) is 9.97 Å². The lowest BCUT2D eigenvalue weighted by Gasteiger charge is -2.05. The van der Waals surface area contributed by atoms with E-state index in [9.17, 15) is 9.59 Å². The minimum atomic E-state index is -0.571. The highest BCUT2D eigenvalue weighted by Gasteiger charge is 2.15. The second kappa shape index (κ2) is 7.12. The van der Waals surface area contributed by atoms with E-state index in [0.29, 0.717) is 21.6 Å². The maximum absolute atomic E-state index is 12.3. The minimum absolute atomic E-state index is 0.291. The van der Waals surface area contributed by atoms with E-state index in [4.69, 9.17) is 5.73 Å². The highest BCUT2D eigenvalue weighted by Crippen LogP contribution is 2.26. The van der Waals surface area contributed by atoms with Crippen LogP contribution in [0.15, 0.2) is 35.8 Å². The number of nitrogens with zero attached hydrogens (tertiary/aromatic N) is 2.